The summed E-state index contributed by atoms with van der Waals surface area (Å²) in [6.45, 7) is 1.90. The van der Waals surface area contributed by atoms with Gasteiger partial charge in [0.15, 0.2) is 5.75 Å². The van der Waals surface area contributed by atoms with Crippen molar-refractivity contribution in [2.24, 2.45) is 0 Å². The molecule has 2 aromatic carbocycles. The SMILES string of the molecule is Cc1ccc(S(=O)(=O)Oc2cc(Br)cc3c2C2C=CC3O2)cc1. The molecule has 2 bridgehead atoms. The van der Waals surface area contributed by atoms with E-state index in [1.807, 2.05) is 25.1 Å². The van der Waals surface area contributed by atoms with Crippen LogP contribution >= 0.6 is 15.9 Å². The standard InChI is InChI=1S/C17H13BrO4S/c1-10-2-4-12(5-3-10)23(19,20)22-16-9-11(18)8-13-14-6-7-15(21-14)17(13)16/h2-9,14-15H,1H3. The molecule has 0 amide bonds. The summed E-state index contributed by atoms with van der Waals surface area (Å²) in [5, 5.41) is 0. The fourth-order valence-electron chi connectivity index (χ4n) is 2.89. The Hall–Kier alpha value is -1.63. The second-order valence-electron chi connectivity index (χ2n) is 5.62. The van der Waals surface area contributed by atoms with E-state index in [9.17, 15) is 8.42 Å². The Bertz CT molecular complexity index is 916. The first-order valence-corrected chi connectivity index (χ1v) is 9.32. The van der Waals surface area contributed by atoms with E-state index < -0.39 is 10.1 Å². The average molecular weight is 393 g/mol. The Morgan fingerprint density at radius 2 is 1.78 bits per heavy atom. The molecule has 0 aliphatic carbocycles. The first kappa shape index (κ1) is 14.9. The number of halogens is 1. The Morgan fingerprint density at radius 1 is 1.09 bits per heavy atom. The van der Waals surface area contributed by atoms with E-state index in [2.05, 4.69) is 15.9 Å². The topological polar surface area (TPSA) is 52.6 Å². The van der Waals surface area contributed by atoms with Crippen LogP contribution < -0.4 is 4.18 Å². The molecule has 0 fully saturated rings. The first-order chi connectivity index (χ1) is 10.9. The molecule has 2 aliphatic rings. The molecule has 4 rings (SSSR count). The van der Waals surface area contributed by atoms with Gasteiger partial charge in [-0.2, -0.15) is 8.42 Å². The number of rotatable bonds is 3. The number of ether oxygens (including phenoxy) is 1. The number of aryl methyl sites for hydroxylation is 1. The van der Waals surface area contributed by atoms with Gasteiger partial charge in [-0.25, -0.2) is 0 Å². The summed E-state index contributed by atoms with van der Waals surface area (Å²) >= 11 is 3.41. The van der Waals surface area contributed by atoms with Crippen molar-refractivity contribution in [2.75, 3.05) is 0 Å². The van der Waals surface area contributed by atoms with Gasteiger partial charge in [-0.1, -0.05) is 45.8 Å². The van der Waals surface area contributed by atoms with E-state index in [1.54, 1.807) is 30.3 Å². The summed E-state index contributed by atoms with van der Waals surface area (Å²) in [5.41, 5.74) is 2.72. The van der Waals surface area contributed by atoms with Gasteiger partial charge in [0.05, 0.1) is 0 Å². The molecule has 4 nitrogen and oxygen atoms in total. The molecule has 2 heterocycles. The van der Waals surface area contributed by atoms with E-state index in [0.29, 0.717) is 5.75 Å². The van der Waals surface area contributed by atoms with Crippen LogP contribution in [-0.4, -0.2) is 8.42 Å². The normalized spacial score (nSPS) is 21.5. The lowest BCUT2D eigenvalue weighted by molar-refractivity contribution is 0.0874. The lowest BCUT2D eigenvalue weighted by atomic mass is 9.96. The summed E-state index contributed by atoms with van der Waals surface area (Å²) in [7, 11) is -3.89. The van der Waals surface area contributed by atoms with Gasteiger partial charge in [0.2, 0.25) is 0 Å². The highest BCUT2D eigenvalue weighted by molar-refractivity contribution is 9.10. The van der Waals surface area contributed by atoms with Crippen LogP contribution in [0.2, 0.25) is 0 Å². The maximum Gasteiger partial charge on any atom is 0.339 e. The summed E-state index contributed by atoms with van der Waals surface area (Å²) < 4.78 is 37.0. The summed E-state index contributed by atoms with van der Waals surface area (Å²) in [6.07, 6.45) is 3.52. The average Bonchev–Trinajstić information content (AvgIpc) is 3.08. The molecule has 0 N–H and O–H groups in total. The van der Waals surface area contributed by atoms with Gasteiger partial charge < -0.3 is 8.92 Å². The molecule has 0 aromatic heterocycles. The van der Waals surface area contributed by atoms with E-state index >= 15 is 0 Å². The predicted octanol–water partition coefficient (Wildman–Crippen LogP) is 4.21. The third-order valence-electron chi connectivity index (χ3n) is 3.99. The van der Waals surface area contributed by atoms with Gasteiger partial charge in [-0.3, -0.25) is 0 Å². The van der Waals surface area contributed by atoms with E-state index in [0.717, 1.165) is 21.2 Å². The minimum atomic E-state index is -3.89. The molecule has 6 heteroatoms. The number of benzene rings is 2. The molecule has 23 heavy (non-hydrogen) atoms. The van der Waals surface area contributed by atoms with Crippen molar-refractivity contribution < 1.29 is 17.3 Å². The van der Waals surface area contributed by atoms with Gasteiger partial charge in [0.25, 0.3) is 0 Å². The lowest BCUT2D eigenvalue weighted by Crippen LogP contribution is -2.12. The molecule has 0 saturated carbocycles. The van der Waals surface area contributed by atoms with E-state index in [-0.39, 0.29) is 17.1 Å². The molecule has 2 aromatic rings. The zero-order chi connectivity index (χ0) is 16.2. The molecule has 0 radical (unpaired) electrons. The third-order valence-corrected chi connectivity index (χ3v) is 5.70. The smallest absolute Gasteiger partial charge is 0.339 e. The lowest BCUT2D eigenvalue weighted by Gasteiger charge is -2.15. The molecule has 118 valence electrons. The minimum absolute atomic E-state index is 0.128. The molecule has 2 aliphatic heterocycles. The van der Waals surface area contributed by atoms with Gasteiger partial charge >= 0.3 is 10.1 Å². The van der Waals surface area contributed by atoms with Gasteiger partial charge in [-0.05, 0) is 36.8 Å². The zero-order valence-electron chi connectivity index (χ0n) is 12.2. The molecular weight excluding hydrogens is 380 g/mol. The number of hydrogen-bond donors (Lipinski definition) is 0. The molecular formula is C17H13BrO4S. The highest BCUT2D eigenvalue weighted by Gasteiger charge is 2.37. The van der Waals surface area contributed by atoms with Crippen LogP contribution in [-0.2, 0) is 14.9 Å². The van der Waals surface area contributed by atoms with Crippen LogP contribution in [0.25, 0.3) is 0 Å². The van der Waals surface area contributed by atoms with Crippen molar-refractivity contribution in [3.8, 4) is 5.75 Å². The zero-order valence-corrected chi connectivity index (χ0v) is 14.6. The Labute approximate surface area is 143 Å². The summed E-state index contributed by atoms with van der Waals surface area (Å²) in [5.74, 6) is 0.312. The molecule has 0 spiro atoms. The summed E-state index contributed by atoms with van der Waals surface area (Å²) in [6, 6.07) is 10.2. The number of fused-ring (bicyclic) bond motifs is 5. The first-order valence-electron chi connectivity index (χ1n) is 7.12. The third kappa shape index (κ3) is 2.51. The molecule has 0 saturated heterocycles. The van der Waals surface area contributed by atoms with Crippen LogP contribution in [0.1, 0.15) is 28.9 Å². The largest absolute Gasteiger partial charge is 0.378 e. The second-order valence-corrected chi connectivity index (χ2v) is 8.08. The summed E-state index contributed by atoms with van der Waals surface area (Å²) in [4.78, 5) is 0.136. The van der Waals surface area contributed by atoms with Crippen LogP contribution in [0.5, 0.6) is 5.75 Å². The fourth-order valence-corrected chi connectivity index (χ4v) is 4.28. The van der Waals surface area contributed by atoms with Gasteiger partial charge in [-0.15, -0.1) is 0 Å². The monoisotopic (exact) mass is 392 g/mol. The molecule has 2 atom stereocenters. The van der Waals surface area contributed by atoms with E-state index in [1.165, 1.54) is 0 Å². The maximum absolute atomic E-state index is 12.5. The quantitative estimate of drug-likeness (QED) is 0.579. The minimum Gasteiger partial charge on any atom is -0.378 e. The van der Waals surface area contributed by atoms with Crippen LogP contribution in [0.4, 0.5) is 0 Å². The second kappa shape index (κ2) is 5.19. The van der Waals surface area contributed by atoms with Crippen molar-refractivity contribution >= 4 is 26.0 Å². The van der Waals surface area contributed by atoms with Crippen molar-refractivity contribution in [2.45, 2.75) is 24.0 Å². The van der Waals surface area contributed by atoms with Crippen LogP contribution in [0.15, 0.2) is 57.9 Å². The van der Waals surface area contributed by atoms with Crippen molar-refractivity contribution in [3.63, 3.8) is 0 Å². The Kier molecular flexibility index (Phi) is 3.37. The van der Waals surface area contributed by atoms with Crippen LogP contribution in [0, 0.1) is 6.92 Å². The fraction of sp³-hybridized carbons (Fsp3) is 0.176. The Balaban J connectivity index is 1.76. The highest BCUT2D eigenvalue weighted by Crippen LogP contribution is 2.51. The molecule has 2 unspecified atom stereocenters. The van der Waals surface area contributed by atoms with E-state index in [4.69, 9.17) is 8.92 Å². The van der Waals surface area contributed by atoms with Crippen LogP contribution in [0.3, 0.4) is 0 Å². The van der Waals surface area contributed by atoms with Gasteiger partial charge in [0, 0.05) is 10.0 Å². The maximum atomic E-state index is 12.5. The van der Waals surface area contributed by atoms with Crippen molar-refractivity contribution in [1.29, 1.82) is 0 Å². The number of hydrogen-bond acceptors (Lipinski definition) is 4. The van der Waals surface area contributed by atoms with Crippen molar-refractivity contribution in [3.05, 3.63) is 69.7 Å². The highest BCUT2D eigenvalue weighted by atomic mass is 79.9. The Morgan fingerprint density at radius 3 is 2.52 bits per heavy atom. The van der Waals surface area contributed by atoms with Crippen molar-refractivity contribution in [1.82, 2.24) is 0 Å². The predicted molar refractivity (Wildman–Crippen MR) is 88.8 cm³/mol. The van der Waals surface area contributed by atoms with Gasteiger partial charge in [0.1, 0.15) is 17.1 Å².